The average molecular weight is 672 g/mol. The van der Waals surface area contributed by atoms with Crippen LogP contribution in [0.2, 0.25) is 0 Å². The molecule has 248 valence electrons. The summed E-state index contributed by atoms with van der Waals surface area (Å²) in [6, 6.07) is 52.2. The molecular weight excluding hydrogens is 639 g/mol. The molecule has 1 atom stereocenters. The van der Waals surface area contributed by atoms with Gasteiger partial charge in [0.1, 0.15) is 28.3 Å². The monoisotopic (exact) mass is 671 g/mol. The fraction of sp³-hybridized carbons (Fsp3) is 0.0638. The molecule has 1 aliphatic carbocycles. The Kier molecular flexibility index (Phi) is 7.10. The summed E-state index contributed by atoms with van der Waals surface area (Å²) in [5.41, 5.74) is 14.7. The maximum atomic E-state index is 7.10. The van der Waals surface area contributed by atoms with E-state index in [0.29, 0.717) is 24.6 Å². The van der Waals surface area contributed by atoms with Gasteiger partial charge in [0, 0.05) is 38.8 Å². The SMILES string of the molecule is N/C(=N\C(=N/Cc1ccccc1)c1ccc2ccc3ccccc3c2c1)C1=CCC(c2cccc3oc4ccccc4c23)c2oc3ccccc3c21. The largest absolute Gasteiger partial charge is 0.460 e. The van der Waals surface area contributed by atoms with Crippen LogP contribution in [0.4, 0.5) is 0 Å². The molecule has 0 amide bonds. The lowest BCUT2D eigenvalue weighted by Gasteiger charge is -2.22. The van der Waals surface area contributed by atoms with Gasteiger partial charge in [0.2, 0.25) is 0 Å². The molecule has 0 spiro atoms. The van der Waals surface area contributed by atoms with E-state index < -0.39 is 0 Å². The predicted octanol–water partition coefficient (Wildman–Crippen LogP) is 11.6. The fourth-order valence-corrected chi connectivity index (χ4v) is 7.88. The first kappa shape index (κ1) is 30.1. The number of nitrogens with two attached hydrogens (primary N) is 1. The Bertz CT molecular complexity index is 2930. The van der Waals surface area contributed by atoms with Crippen LogP contribution < -0.4 is 5.73 Å². The molecule has 7 aromatic carbocycles. The van der Waals surface area contributed by atoms with Gasteiger partial charge in [-0.1, -0.05) is 133 Å². The maximum Gasteiger partial charge on any atom is 0.157 e. The summed E-state index contributed by atoms with van der Waals surface area (Å²) < 4.78 is 13.0. The highest BCUT2D eigenvalue weighted by Gasteiger charge is 2.32. The average Bonchev–Trinajstić information content (AvgIpc) is 3.78. The van der Waals surface area contributed by atoms with E-state index in [1.807, 2.05) is 54.6 Å². The molecule has 5 nitrogen and oxygen atoms in total. The molecular formula is C47H33N3O2. The summed E-state index contributed by atoms with van der Waals surface area (Å²) in [4.78, 5) is 10.3. The highest BCUT2D eigenvalue weighted by atomic mass is 16.3. The zero-order valence-electron chi connectivity index (χ0n) is 28.3. The molecule has 5 heteroatoms. The van der Waals surface area contributed by atoms with Crippen LogP contribution >= 0.6 is 0 Å². The van der Waals surface area contributed by atoms with Crippen molar-refractivity contribution in [1.82, 2.24) is 0 Å². The summed E-state index contributed by atoms with van der Waals surface area (Å²) in [5.74, 6) is 1.84. The van der Waals surface area contributed by atoms with Crippen LogP contribution in [0.25, 0.3) is 60.0 Å². The molecule has 2 heterocycles. The Balaban J connectivity index is 1.13. The van der Waals surface area contributed by atoms with Crippen molar-refractivity contribution in [2.24, 2.45) is 15.7 Å². The lowest BCUT2D eigenvalue weighted by molar-refractivity contribution is 0.517. The number of fused-ring (bicyclic) bond motifs is 9. The minimum Gasteiger partial charge on any atom is -0.460 e. The second kappa shape index (κ2) is 12.3. The van der Waals surface area contributed by atoms with Crippen molar-refractivity contribution < 1.29 is 8.83 Å². The van der Waals surface area contributed by atoms with Gasteiger partial charge in [-0.05, 0) is 63.4 Å². The number of aliphatic imine (C=N–C) groups is 2. The Labute approximate surface area is 300 Å². The number of rotatable bonds is 5. The third-order valence-electron chi connectivity index (χ3n) is 10.3. The van der Waals surface area contributed by atoms with E-state index in [1.165, 1.54) is 16.3 Å². The molecule has 10 rings (SSSR count). The van der Waals surface area contributed by atoms with Crippen molar-refractivity contribution >= 4 is 71.7 Å². The minimum absolute atomic E-state index is 0.0383. The van der Waals surface area contributed by atoms with Gasteiger partial charge in [0.25, 0.3) is 0 Å². The van der Waals surface area contributed by atoms with Gasteiger partial charge in [-0.3, -0.25) is 4.99 Å². The fourth-order valence-electron chi connectivity index (χ4n) is 7.88. The number of hydrogen-bond donors (Lipinski definition) is 1. The van der Waals surface area contributed by atoms with E-state index >= 15 is 0 Å². The standard InChI is InChI=1S/C47H33N3O2/c48-46(50-47(49-28-29-11-2-1-3-12-29)32-24-23-31-22-21-30-13-4-5-14-33(30)39(31)27-32)38-26-25-35(45-44(38)37-16-7-9-19-41(37)52-45)34-17-10-20-42-43(34)36-15-6-8-18-40(36)51-42/h1-24,26-27,35H,25,28H2,(H2,48,49,50). The summed E-state index contributed by atoms with van der Waals surface area (Å²) in [7, 11) is 0. The number of hydrogen-bond acceptors (Lipinski definition) is 3. The highest BCUT2D eigenvalue weighted by Crippen LogP contribution is 2.47. The Morgan fingerprint density at radius 1 is 0.615 bits per heavy atom. The molecule has 0 radical (unpaired) electrons. The third kappa shape index (κ3) is 5.01. The van der Waals surface area contributed by atoms with Crippen LogP contribution in [0.3, 0.4) is 0 Å². The first-order valence-electron chi connectivity index (χ1n) is 17.7. The summed E-state index contributed by atoms with van der Waals surface area (Å²) in [6.45, 7) is 0.476. The number of allylic oxidation sites excluding steroid dienone is 1. The minimum atomic E-state index is -0.0383. The van der Waals surface area contributed by atoms with E-state index in [-0.39, 0.29) is 5.92 Å². The summed E-state index contributed by atoms with van der Waals surface area (Å²) >= 11 is 0. The van der Waals surface area contributed by atoms with E-state index in [0.717, 1.165) is 71.7 Å². The molecule has 2 aromatic heterocycles. The Hall–Kier alpha value is -6.72. The Morgan fingerprint density at radius 2 is 1.29 bits per heavy atom. The molecule has 0 fully saturated rings. The van der Waals surface area contributed by atoms with Crippen molar-refractivity contribution in [1.29, 1.82) is 0 Å². The lowest BCUT2D eigenvalue weighted by Crippen LogP contribution is -2.20. The van der Waals surface area contributed by atoms with Gasteiger partial charge in [-0.15, -0.1) is 0 Å². The van der Waals surface area contributed by atoms with Gasteiger partial charge in [0.15, 0.2) is 5.84 Å². The molecule has 0 bridgehead atoms. The molecule has 0 saturated heterocycles. The second-order valence-electron chi connectivity index (χ2n) is 13.4. The third-order valence-corrected chi connectivity index (χ3v) is 10.3. The molecule has 9 aromatic rings. The van der Waals surface area contributed by atoms with E-state index in [9.17, 15) is 0 Å². The number of furan rings is 2. The summed E-state index contributed by atoms with van der Waals surface area (Å²) in [5, 5.41) is 7.93. The molecule has 52 heavy (non-hydrogen) atoms. The van der Waals surface area contributed by atoms with Crippen molar-refractivity contribution in [2.45, 2.75) is 18.9 Å². The van der Waals surface area contributed by atoms with Crippen LogP contribution in [0.5, 0.6) is 0 Å². The van der Waals surface area contributed by atoms with Gasteiger partial charge in [-0.2, -0.15) is 0 Å². The topological polar surface area (TPSA) is 77.0 Å². The normalized spacial score (nSPS) is 15.2. The van der Waals surface area contributed by atoms with Crippen LogP contribution in [0, 0.1) is 0 Å². The number of nitrogens with zero attached hydrogens (tertiary/aromatic N) is 2. The first-order chi connectivity index (χ1) is 25.7. The van der Waals surface area contributed by atoms with Crippen molar-refractivity contribution in [2.75, 3.05) is 0 Å². The number of amidine groups is 2. The van der Waals surface area contributed by atoms with Crippen LogP contribution in [0.1, 0.15) is 40.4 Å². The summed E-state index contributed by atoms with van der Waals surface area (Å²) in [6.07, 6.45) is 2.91. The number of para-hydroxylation sites is 2. The lowest BCUT2D eigenvalue weighted by atomic mass is 9.81. The highest BCUT2D eigenvalue weighted by molar-refractivity contribution is 6.29. The van der Waals surface area contributed by atoms with Crippen molar-refractivity contribution in [3.63, 3.8) is 0 Å². The predicted molar refractivity (Wildman–Crippen MR) is 214 cm³/mol. The van der Waals surface area contributed by atoms with Gasteiger partial charge >= 0.3 is 0 Å². The van der Waals surface area contributed by atoms with E-state index in [2.05, 4.69) is 103 Å². The van der Waals surface area contributed by atoms with Crippen LogP contribution in [-0.2, 0) is 6.54 Å². The zero-order valence-corrected chi connectivity index (χ0v) is 28.3. The maximum absolute atomic E-state index is 7.10. The van der Waals surface area contributed by atoms with Gasteiger partial charge in [-0.25, -0.2) is 4.99 Å². The first-order valence-corrected chi connectivity index (χ1v) is 17.7. The van der Waals surface area contributed by atoms with Crippen molar-refractivity contribution in [3.05, 3.63) is 186 Å². The van der Waals surface area contributed by atoms with Crippen LogP contribution in [0.15, 0.2) is 177 Å². The second-order valence-corrected chi connectivity index (χ2v) is 13.4. The quantitative estimate of drug-likeness (QED) is 0.112. The van der Waals surface area contributed by atoms with Gasteiger partial charge in [0.05, 0.1) is 6.54 Å². The molecule has 0 saturated carbocycles. The smallest absolute Gasteiger partial charge is 0.157 e. The molecule has 2 N–H and O–H groups in total. The molecule has 1 unspecified atom stereocenters. The Morgan fingerprint density at radius 3 is 2.13 bits per heavy atom. The van der Waals surface area contributed by atoms with Crippen molar-refractivity contribution in [3.8, 4) is 0 Å². The number of benzene rings is 7. The zero-order chi connectivity index (χ0) is 34.6. The molecule has 1 aliphatic rings. The van der Waals surface area contributed by atoms with E-state index in [1.54, 1.807) is 0 Å². The van der Waals surface area contributed by atoms with E-state index in [4.69, 9.17) is 24.6 Å². The van der Waals surface area contributed by atoms with Gasteiger partial charge < -0.3 is 14.6 Å². The van der Waals surface area contributed by atoms with Crippen LogP contribution in [-0.4, -0.2) is 11.7 Å². The molecule has 0 aliphatic heterocycles.